The summed E-state index contributed by atoms with van der Waals surface area (Å²) in [6.07, 6.45) is 0. The Kier molecular flexibility index (Phi) is 25.5. The summed E-state index contributed by atoms with van der Waals surface area (Å²) in [5.74, 6) is 0. The van der Waals surface area contributed by atoms with E-state index in [1.54, 1.807) is 0 Å². The third-order valence-electron chi connectivity index (χ3n) is 0. The minimum Gasteiger partial charge on any atom is -1.00 e. The average molecular weight is 179 g/mol. The standard InChI is InChI=1S/BH3O3.Mg.Zr.2H/c2-1(3)4;;;;/h2-4H;;;;/q;+2;;2*-1. The summed E-state index contributed by atoms with van der Waals surface area (Å²) in [4.78, 5) is 0. The zero-order valence-corrected chi connectivity index (χ0v) is 7.00. The van der Waals surface area contributed by atoms with Crippen LogP contribution in [-0.4, -0.2) is 45.4 Å². The topological polar surface area (TPSA) is 60.7 Å². The van der Waals surface area contributed by atoms with E-state index in [0.717, 1.165) is 0 Å². The van der Waals surface area contributed by atoms with E-state index in [2.05, 4.69) is 0 Å². The molecule has 0 rings (SSSR count). The van der Waals surface area contributed by atoms with Crippen LogP contribution in [0.15, 0.2) is 0 Å². The van der Waals surface area contributed by atoms with Gasteiger partial charge in [0.05, 0.1) is 0 Å². The fourth-order valence-corrected chi connectivity index (χ4v) is 0. The van der Waals surface area contributed by atoms with Crippen LogP contribution in [0.3, 0.4) is 0 Å². The summed E-state index contributed by atoms with van der Waals surface area (Å²) in [5.41, 5.74) is 0. The molecule has 0 aromatic heterocycles. The minimum atomic E-state index is -2.17. The summed E-state index contributed by atoms with van der Waals surface area (Å²) >= 11 is 0. The number of rotatable bonds is 0. The predicted octanol–water partition coefficient (Wildman–Crippen LogP) is -2.21. The van der Waals surface area contributed by atoms with Gasteiger partial charge in [0.15, 0.2) is 0 Å². The molecule has 0 atom stereocenters. The Morgan fingerprint density at radius 1 is 1.17 bits per heavy atom. The van der Waals surface area contributed by atoms with Crippen molar-refractivity contribution in [3.8, 4) is 0 Å². The van der Waals surface area contributed by atoms with Crippen LogP contribution in [0.4, 0.5) is 0 Å². The third-order valence-corrected chi connectivity index (χ3v) is 0. The van der Waals surface area contributed by atoms with Crippen molar-refractivity contribution in [1.29, 1.82) is 0 Å². The van der Waals surface area contributed by atoms with E-state index in [-0.39, 0.29) is 52.1 Å². The van der Waals surface area contributed by atoms with Crippen LogP contribution < -0.4 is 0 Å². The van der Waals surface area contributed by atoms with Crippen molar-refractivity contribution in [1.82, 2.24) is 0 Å². The van der Waals surface area contributed by atoms with Gasteiger partial charge in [-0.25, -0.2) is 0 Å². The molecule has 0 aliphatic rings. The van der Waals surface area contributed by atoms with Gasteiger partial charge in [0.25, 0.3) is 0 Å². The second kappa shape index (κ2) is 9.78. The number of hydrogen-bond acceptors (Lipinski definition) is 3. The quantitative estimate of drug-likeness (QED) is 0.370. The van der Waals surface area contributed by atoms with Gasteiger partial charge in [-0.05, 0) is 0 Å². The molecule has 0 spiro atoms. The van der Waals surface area contributed by atoms with Crippen molar-refractivity contribution in [3.05, 3.63) is 0 Å². The molecule has 0 unspecified atom stereocenters. The van der Waals surface area contributed by atoms with E-state index >= 15 is 0 Å². The molecule has 0 saturated carbocycles. The Morgan fingerprint density at radius 3 is 1.17 bits per heavy atom. The fourth-order valence-electron chi connectivity index (χ4n) is 0. The first-order valence-corrected chi connectivity index (χ1v) is 0.775. The van der Waals surface area contributed by atoms with Gasteiger partial charge in [-0.2, -0.15) is 0 Å². The van der Waals surface area contributed by atoms with Crippen molar-refractivity contribution in [3.63, 3.8) is 0 Å². The Labute approximate surface area is 74.2 Å². The van der Waals surface area contributed by atoms with E-state index in [1.807, 2.05) is 0 Å². The van der Waals surface area contributed by atoms with E-state index < -0.39 is 7.32 Å². The molecule has 0 heterocycles. The molecule has 0 aromatic rings. The maximum absolute atomic E-state index is 7.17. The molecular formula is H5BMgO3Zr. The van der Waals surface area contributed by atoms with Gasteiger partial charge < -0.3 is 17.9 Å². The Morgan fingerprint density at radius 2 is 1.17 bits per heavy atom. The SMILES string of the molecule is OB(O)O.[H-].[H-].[Mg+2].[Zr]. The normalized spacial score (nSPS) is 4.50. The molecule has 3 nitrogen and oxygen atoms in total. The first-order valence-electron chi connectivity index (χ1n) is 0.775. The van der Waals surface area contributed by atoms with E-state index in [4.69, 9.17) is 15.1 Å². The predicted molar refractivity (Wildman–Crippen MR) is 20.4 cm³/mol. The largest absolute Gasteiger partial charge is 2.00 e. The third kappa shape index (κ3) is 46.5. The fraction of sp³-hybridized carbons (Fsp3) is 0. The molecular weight excluding hydrogens is 174 g/mol. The molecule has 0 aliphatic carbocycles. The van der Waals surface area contributed by atoms with Gasteiger partial charge in [-0.15, -0.1) is 0 Å². The van der Waals surface area contributed by atoms with E-state index in [0.29, 0.717) is 0 Å². The van der Waals surface area contributed by atoms with E-state index in [1.165, 1.54) is 0 Å². The maximum atomic E-state index is 7.17. The van der Waals surface area contributed by atoms with Crippen molar-refractivity contribution in [2.45, 2.75) is 0 Å². The van der Waals surface area contributed by atoms with Crippen molar-refractivity contribution in [2.75, 3.05) is 0 Å². The van der Waals surface area contributed by atoms with Crippen LogP contribution in [0.1, 0.15) is 2.85 Å². The smallest absolute Gasteiger partial charge is 1.00 e. The van der Waals surface area contributed by atoms with Gasteiger partial charge in [0.1, 0.15) is 0 Å². The maximum Gasteiger partial charge on any atom is 2.00 e. The molecule has 0 aromatic carbocycles. The summed E-state index contributed by atoms with van der Waals surface area (Å²) < 4.78 is 0. The van der Waals surface area contributed by atoms with E-state index in [9.17, 15) is 0 Å². The van der Waals surface area contributed by atoms with Crippen molar-refractivity contribution in [2.24, 2.45) is 0 Å². The number of hydrogen-bond donors (Lipinski definition) is 3. The molecule has 6 heavy (non-hydrogen) atoms. The Balaban J connectivity index is -0.00000000750. The molecule has 32 valence electrons. The molecule has 0 radical (unpaired) electrons. The Bertz CT molecular complexity index is 22.0. The van der Waals surface area contributed by atoms with Crippen LogP contribution in [-0.2, 0) is 26.2 Å². The van der Waals surface area contributed by atoms with Crippen LogP contribution in [0.5, 0.6) is 0 Å². The van der Waals surface area contributed by atoms with Crippen molar-refractivity contribution < 1.29 is 44.1 Å². The molecule has 0 fully saturated rings. The second-order valence-corrected chi connectivity index (χ2v) is 0.346. The summed E-state index contributed by atoms with van der Waals surface area (Å²) in [5, 5.41) is 21.5. The average Bonchev–Trinajstić information content (AvgIpc) is 0.811. The molecule has 0 amide bonds. The van der Waals surface area contributed by atoms with Gasteiger partial charge in [0.2, 0.25) is 0 Å². The minimum absolute atomic E-state index is 0. The van der Waals surface area contributed by atoms with Crippen LogP contribution in [0, 0.1) is 0 Å². The van der Waals surface area contributed by atoms with Gasteiger partial charge >= 0.3 is 30.4 Å². The molecule has 0 aliphatic heterocycles. The van der Waals surface area contributed by atoms with Gasteiger partial charge in [-0.1, -0.05) is 0 Å². The first kappa shape index (κ1) is 15.6. The molecule has 6 heteroatoms. The zero-order valence-electron chi connectivity index (χ0n) is 5.13. The second-order valence-electron chi connectivity index (χ2n) is 0.346. The summed E-state index contributed by atoms with van der Waals surface area (Å²) in [7, 11) is -2.17. The van der Waals surface area contributed by atoms with Crippen LogP contribution in [0.25, 0.3) is 0 Å². The molecule has 0 saturated heterocycles. The van der Waals surface area contributed by atoms with Crippen LogP contribution in [0.2, 0.25) is 0 Å². The Hall–Kier alpha value is 1.59. The zero-order chi connectivity index (χ0) is 3.58. The van der Waals surface area contributed by atoms with Crippen molar-refractivity contribution >= 4 is 30.4 Å². The first-order chi connectivity index (χ1) is 1.73. The summed E-state index contributed by atoms with van der Waals surface area (Å²) in [6, 6.07) is 0. The molecule has 0 bridgehead atoms. The van der Waals surface area contributed by atoms with Gasteiger partial charge in [0, 0.05) is 26.2 Å². The monoisotopic (exact) mass is 178 g/mol. The van der Waals surface area contributed by atoms with Crippen LogP contribution >= 0.6 is 0 Å². The summed E-state index contributed by atoms with van der Waals surface area (Å²) in [6.45, 7) is 0. The van der Waals surface area contributed by atoms with Gasteiger partial charge in [-0.3, -0.25) is 0 Å². The molecule has 3 N–H and O–H groups in total.